The maximum Gasteiger partial charge on any atom is 0.0597 e. The highest BCUT2D eigenvalue weighted by atomic mass is 15.3. The summed E-state index contributed by atoms with van der Waals surface area (Å²) >= 11 is 0. The van der Waals surface area contributed by atoms with Crippen LogP contribution in [0.3, 0.4) is 0 Å². The summed E-state index contributed by atoms with van der Waals surface area (Å²) in [6, 6.07) is 3.05. The Morgan fingerprint density at radius 1 is 1.44 bits per heavy atom. The van der Waals surface area contributed by atoms with Crippen LogP contribution in [0.1, 0.15) is 38.1 Å². The molecular formula is C14H26N4. The van der Waals surface area contributed by atoms with Gasteiger partial charge in [0, 0.05) is 32.2 Å². The van der Waals surface area contributed by atoms with Crippen molar-refractivity contribution in [1.29, 1.82) is 0 Å². The number of aromatic nitrogens is 2. The van der Waals surface area contributed by atoms with Crippen LogP contribution in [-0.4, -0.2) is 40.4 Å². The van der Waals surface area contributed by atoms with Crippen molar-refractivity contribution < 1.29 is 0 Å². The third-order valence-electron chi connectivity index (χ3n) is 3.64. The fraction of sp³-hybridized carbons (Fsp3) is 0.786. The van der Waals surface area contributed by atoms with Gasteiger partial charge in [-0.2, -0.15) is 5.10 Å². The molecule has 0 saturated heterocycles. The molecule has 0 radical (unpaired) electrons. The minimum absolute atomic E-state index is 0.875. The van der Waals surface area contributed by atoms with E-state index < -0.39 is 0 Å². The van der Waals surface area contributed by atoms with Crippen molar-refractivity contribution in [3.63, 3.8) is 0 Å². The van der Waals surface area contributed by atoms with Crippen LogP contribution in [0.25, 0.3) is 0 Å². The molecule has 18 heavy (non-hydrogen) atoms. The Hall–Kier alpha value is -0.870. The number of hydrogen-bond acceptors (Lipinski definition) is 3. The van der Waals surface area contributed by atoms with Crippen molar-refractivity contribution in [1.82, 2.24) is 20.0 Å². The second-order valence-electron chi connectivity index (χ2n) is 5.13. The Kier molecular flexibility index (Phi) is 4.78. The minimum atomic E-state index is 0.875. The third kappa shape index (κ3) is 3.56. The Bertz CT molecular complexity index is 368. The summed E-state index contributed by atoms with van der Waals surface area (Å²) in [5.74, 6) is 0. The predicted octanol–water partition coefficient (Wildman–Crippen LogP) is 1.79. The van der Waals surface area contributed by atoms with Crippen LogP contribution < -0.4 is 5.32 Å². The monoisotopic (exact) mass is 250 g/mol. The molecule has 1 aliphatic carbocycles. The van der Waals surface area contributed by atoms with Crippen LogP contribution in [0.15, 0.2) is 6.07 Å². The van der Waals surface area contributed by atoms with Gasteiger partial charge >= 0.3 is 0 Å². The van der Waals surface area contributed by atoms with Crippen molar-refractivity contribution in [2.75, 3.05) is 19.6 Å². The molecule has 0 unspecified atom stereocenters. The number of nitrogens with one attached hydrogen (secondary N) is 1. The summed E-state index contributed by atoms with van der Waals surface area (Å²) < 4.78 is 2.08. The van der Waals surface area contributed by atoms with Crippen LogP contribution in [0.5, 0.6) is 0 Å². The lowest BCUT2D eigenvalue weighted by Gasteiger charge is -2.19. The molecule has 1 aliphatic rings. The maximum absolute atomic E-state index is 4.46. The SMILES string of the molecule is CCN(CCNCc1cc(C)nn1CC)C1CC1. The largest absolute Gasteiger partial charge is 0.310 e. The molecule has 0 bridgehead atoms. The number of rotatable bonds is 8. The molecule has 4 heteroatoms. The summed E-state index contributed by atoms with van der Waals surface area (Å²) in [5.41, 5.74) is 2.41. The van der Waals surface area contributed by atoms with E-state index in [-0.39, 0.29) is 0 Å². The molecule has 4 nitrogen and oxygen atoms in total. The lowest BCUT2D eigenvalue weighted by atomic mass is 10.3. The first-order valence-corrected chi connectivity index (χ1v) is 7.22. The molecule has 1 heterocycles. The molecule has 102 valence electrons. The average Bonchev–Trinajstić information content (AvgIpc) is 3.13. The van der Waals surface area contributed by atoms with E-state index in [1.807, 2.05) is 0 Å². The second-order valence-corrected chi connectivity index (χ2v) is 5.13. The first kappa shape index (κ1) is 13.6. The highest BCUT2D eigenvalue weighted by Gasteiger charge is 2.26. The van der Waals surface area contributed by atoms with Gasteiger partial charge in [-0.3, -0.25) is 9.58 Å². The molecule has 0 amide bonds. The van der Waals surface area contributed by atoms with Gasteiger partial charge in [-0.15, -0.1) is 0 Å². The van der Waals surface area contributed by atoms with Crippen molar-refractivity contribution in [2.45, 2.75) is 52.7 Å². The molecule has 1 fully saturated rings. The Morgan fingerprint density at radius 2 is 2.22 bits per heavy atom. The van der Waals surface area contributed by atoms with E-state index in [0.717, 1.165) is 31.4 Å². The van der Waals surface area contributed by atoms with E-state index in [9.17, 15) is 0 Å². The van der Waals surface area contributed by atoms with Crippen LogP contribution in [-0.2, 0) is 13.1 Å². The zero-order valence-electron chi connectivity index (χ0n) is 11.9. The molecular weight excluding hydrogens is 224 g/mol. The van der Waals surface area contributed by atoms with Crippen molar-refractivity contribution in [3.05, 3.63) is 17.5 Å². The Labute approximate surface area is 110 Å². The molecule has 1 saturated carbocycles. The molecule has 1 N–H and O–H groups in total. The van der Waals surface area contributed by atoms with Gasteiger partial charge in [-0.1, -0.05) is 6.92 Å². The van der Waals surface area contributed by atoms with Crippen molar-refractivity contribution in [2.24, 2.45) is 0 Å². The van der Waals surface area contributed by atoms with Crippen LogP contribution in [0.4, 0.5) is 0 Å². The standard InChI is InChI=1S/C14H26N4/c1-4-17(13-6-7-13)9-8-15-11-14-10-12(3)16-18(14)5-2/h10,13,15H,4-9,11H2,1-3H3. The first-order chi connectivity index (χ1) is 8.74. The summed E-state index contributed by atoms with van der Waals surface area (Å²) in [7, 11) is 0. The van der Waals surface area contributed by atoms with Crippen molar-refractivity contribution >= 4 is 0 Å². The van der Waals surface area contributed by atoms with Gasteiger partial charge in [-0.05, 0) is 39.3 Å². The molecule has 0 atom stereocenters. The number of likely N-dealkylation sites (N-methyl/N-ethyl adjacent to an activating group) is 1. The fourth-order valence-electron chi connectivity index (χ4n) is 2.49. The van der Waals surface area contributed by atoms with E-state index in [1.165, 1.54) is 31.6 Å². The third-order valence-corrected chi connectivity index (χ3v) is 3.64. The zero-order valence-corrected chi connectivity index (χ0v) is 11.9. The van der Waals surface area contributed by atoms with Gasteiger partial charge in [0.1, 0.15) is 0 Å². The average molecular weight is 250 g/mol. The zero-order chi connectivity index (χ0) is 13.0. The van der Waals surface area contributed by atoms with Crippen LogP contribution >= 0.6 is 0 Å². The van der Waals surface area contributed by atoms with E-state index >= 15 is 0 Å². The summed E-state index contributed by atoms with van der Waals surface area (Å²) in [5, 5.41) is 8.00. The molecule has 2 rings (SSSR count). The molecule has 0 aliphatic heterocycles. The smallest absolute Gasteiger partial charge is 0.0597 e. The van der Waals surface area contributed by atoms with Crippen LogP contribution in [0.2, 0.25) is 0 Å². The predicted molar refractivity (Wildman–Crippen MR) is 74.6 cm³/mol. The molecule has 0 aromatic carbocycles. The topological polar surface area (TPSA) is 33.1 Å². The molecule has 0 spiro atoms. The van der Waals surface area contributed by atoms with Gasteiger partial charge in [0.25, 0.3) is 0 Å². The number of aryl methyl sites for hydroxylation is 2. The number of hydrogen-bond donors (Lipinski definition) is 1. The second kappa shape index (κ2) is 6.34. The van der Waals surface area contributed by atoms with Gasteiger partial charge in [-0.25, -0.2) is 0 Å². The lowest BCUT2D eigenvalue weighted by molar-refractivity contribution is 0.276. The summed E-state index contributed by atoms with van der Waals surface area (Å²) in [6.45, 7) is 11.7. The molecule has 1 aromatic rings. The van der Waals surface area contributed by atoms with Crippen molar-refractivity contribution in [3.8, 4) is 0 Å². The highest BCUT2D eigenvalue weighted by Crippen LogP contribution is 2.25. The fourth-order valence-corrected chi connectivity index (χ4v) is 2.49. The minimum Gasteiger partial charge on any atom is -0.310 e. The van der Waals surface area contributed by atoms with Crippen LogP contribution in [0, 0.1) is 6.92 Å². The summed E-state index contributed by atoms with van der Waals surface area (Å²) in [4.78, 5) is 2.58. The van der Waals surface area contributed by atoms with E-state index in [0.29, 0.717) is 0 Å². The Balaban J connectivity index is 1.70. The lowest BCUT2D eigenvalue weighted by Crippen LogP contribution is -2.33. The van der Waals surface area contributed by atoms with Gasteiger partial charge in [0.05, 0.1) is 11.4 Å². The van der Waals surface area contributed by atoms with Gasteiger partial charge in [0.2, 0.25) is 0 Å². The maximum atomic E-state index is 4.46. The van der Waals surface area contributed by atoms with E-state index in [1.54, 1.807) is 0 Å². The summed E-state index contributed by atoms with van der Waals surface area (Å²) in [6.07, 6.45) is 2.80. The van der Waals surface area contributed by atoms with Gasteiger partial charge in [0.15, 0.2) is 0 Å². The first-order valence-electron chi connectivity index (χ1n) is 7.22. The van der Waals surface area contributed by atoms with E-state index in [4.69, 9.17) is 0 Å². The quantitative estimate of drug-likeness (QED) is 0.714. The Morgan fingerprint density at radius 3 is 2.83 bits per heavy atom. The number of nitrogens with zero attached hydrogens (tertiary/aromatic N) is 3. The van der Waals surface area contributed by atoms with Gasteiger partial charge < -0.3 is 5.32 Å². The molecule has 1 aromatic heterocycles. The normalized spacial score (nSPS) is 15.6. The van der Waals surface area contributed by atoms with E-state index in [2.05, 4.69) is 46.8 Å². The highest BCUT2D eigenvalue weighted by molar-refractivity contribution is 5.08.